The van der Waals surface area contributed by atoms with E-state index in [1.807, 2.05) is 28.9 Å². The van der Waals surface area contributed by atoms with E-state index in [0.29, 0.717) is 6.61 Å². The van der Waals surface area contributed by atoms with Gasteiger partial charge in [0, 0.05) is 36.3 Å². The van der Waals surface area contributed by atoms with E-state index < -0.39 is 0 Å². The topological polar surface area (TPSA) is 42.7 Å². The number of hydrogen-bond donors (Lipinski definition) is 0. The second-order valence-corrected chi connectivity index (χ2v) is 7.87. The Bertz CT molecular complexity index is 1080. The van der Waals surface area contributed by atoms with E-state index in [-0.39, 0.29) is 11.9 Å². The third-order valence-electron chi connectivity index (χ3n) is 5.02. The van der Waals surface area contributed by atoms with Crippen molar-refractivity contribution in [1.29, 1.82) is 0 Å². The minimum absolute atomic E-state index is 0.126. The number of ether oxygens (including phenoxy) is 1. The van der Waals surface area contributed by atoms with Crippen LogP contribution in [0.1, 0.15) is 17.4 Å². The van der Waals surface area contributed by atoms with E-state index in [2.05, 4.69) is 38.8 Å². The molecule has 1 aliphatic rings. The van der Waals surface area contributed by atoms with E-state index in [4.69, 9.17) is 4.74 Å². The normalized spacial score (nSPS) is 18.0. The maximum Gasteiger partial charge on any atom is 0.123 e. The molecule has 5 nitrogen and oxygen atoms in total. The van der Waals surface area contributed by atoms with E-state index in [9.17, 15) is 4.39 Å². The molecule has 142 valence electrons. The second kappa shape index (κ2) is 7.43. The van der Waals surface area contributed by atoms with Crippen LogP contribution in [0.15, 0.2) is 60.1 Å². The van der Waals surface area contributed by atoms with Gasteiger partial charge in [-0.1, -0.05) is 23.4 Å². The monoisotopic (exact) mass is 394 g/mol. The molecule has 3 aromatic heterocycles. The van der Waals surface area contributed by atoms with Gasteiger partial charge in [0.05, 0.1) is 12.1 Å². The van der Waals surface area contributed by atoms with Crippen molar-refractivity contribution in [2.24, 2.45) is 0 Å². The molecular formula is C21H19FN4OS. The fourth-order valence-electron chi connectivity index (χ4n) is 3.59. The number of nitrogens with zero attached hydrogens (tertiary/aromatic N) is 4. The second-order valence-electron chi connectivity index (χ2n) is 6.92. The molecule has 0 saturated carbocycles. The van der Waals surface area contributed by atoms with Crippen LogP contribution in [0.25, 0.3) is 16.0 Å². The number of aromatic nitrogens is 3. The molecule has 1 saturated heterocycles. The number of halogens is 1. The lowest BCUT2D eigenvalue weighted by molar-refractivity contribution is -0.0343. The number of thiophene rings is 1. The number of rotatable bonds is 4. The molecule has 1 aliphatic heterocycles. The van der Waals surface area contributed by atoms with Gasteiger partial charge in [-0.05, 0) is 41.3 Å². The van der Waals surface area contributed by atoms with Crippen molar-refractivity contribution in [3.63, 3.8) is 0 Å². The first-order valence-electron chi connectivity index (χ1n) is 9.23. The summed E-state index contributed by atoms with van der Waals surface area (Å²) in [4.78, 5) is 3.52. The van der Waals surface area contributed by atoms with Crippen LogP contribution in [0.3, 0.4) is 0 Å². The summed E-state index contributed by atoms with van der Waals surface area (Å²) in [5.74, 6) is -0.207. The molecule has 5 rings (SSSR count). The average Bonchev–Trinajstić information content (AvgIpc) is 3.39. The van der Waals surface area contributed by atoms with Crippen LogP contribution < -0.4 is 0 Å². The van der Waals surface area contributed by atoms with E-state index in [1.165, 1.54) is 17.0 Å². The molecule has 0 bridgehead atoms. The fraction of sp³-hybridized carbons (Fsp3) is 0.238. The van der Waals surface area contributed by atoms with E-state index in [0.717, 1.165) is 42.0 Å². The van der Waals surface area contributed by atoms with Crippen molar-refractivity contribution in [2.45, 2.75) is 12.6 Å². The van der Waals surface area contributed by atoms with Gasteiger partial charge in [0.25, 0.3) is 0 Å². The Hall–Kier alpha value is -2.61. The lowest BCUT2D eigenvalue weighted by atomic mass is 10.1. The van der Waals surface area contributed by atoms with Gasteiger partial charge in [-0.2, -0.15) is 0 Å². The highest BCUT2D eigenvalue weighted by Crippen LogP contribution is 2.28. The summed E-state index contributed by atoms with van der Waals surface area (Å²) in [5.41, 5.74) is 4.05. The van der Waals surface area contributed by atoms with Gasteiger partial charge in [0.1, 0.15) is 17.6 Å². The van der Waals surface area contributed by atoms with Crippen LogP contribution in [0, 0.1) is 5.82 Å². The SMILES string of the molecule is Fc1ccc(CN2CCOC(c3nnn4cc(-c5cccs5)ccc34)C2)cc1. The number of hydrogen-bond acceptors (Lipinski definition) is 5. The maximum atomic E-state index is 13.1. The highest BCUT2D eigenvalue weighted by atomic mass is 32.1. The molecule has 4 heterocycles. The van der Waals surface area contributed by atoms with Gasteiger partial charge in [-0.15, -0.1) is 16.4 Å². The van der Waals surface area contributed by atoms with Crippen LogP contribution >= 0.6 is 11.3 Å². The van der Waals surface area contributed by atoms with Crippen molar-refractivity contribution < 1.29 is 9.13 Å². The standard InChI is InChI=1S/C21H19FN4OS/c22-17-6-3-15(4-7-17)12-25-9-10-27-19(14-25)21-18-8-5-16(13-26(18)24-23-21)20-2-1-11-28-20/h1-8,11,13,19H,9-10,12,14H2. The zero-order valence-corrected chi connectivity index (χ0v) is 16.0. The summed E-state index contributed by atoms with van der Waals surface area (Å²) < 4.78 is 21.0. The van der Waals surface area contributed by atoms with Crippen LogP contribution in [0.5, 0.6) is 0 Å². The fourth-order valence-corrected chi connectivity index (χ4v) is 4.31. The summed E-state index contributed by atoms with van der Waals surface area (Å²) in [5, 5.41) is 10.8. The molecule has 4 aromatic rings. The minimum Gasteiger partial charge on any atom is -0.369 e. The molecule has 0 amide bonds. The number of benzene rings is 1. The highest BCUT2D eigenvalue weighted by molar-refractivity contribution is 7.13. The van der Waals surface area contributed by atoms with Gasteiger partial charge in [0.2, 0.25) is 0 Å². The molecule has 7 heteroatoms. The maximum absolute atomic E-state index is 13.1. The van der Waals surface area contributed by atoms with Crippen LogP contribution in [0.2, 0.25) is 0 Å². The van der Waals surface area contributed by atoms with E-state index >= 15 is 0 Å². The van der Waals surface area contributed by atoms with Crippen molar-refractivity contribution in [3.8, 4) is 10.4 Å². The molecule has 0 radical (unpaired) electrons. The first kappa shape index (κ1) is 17.5. The Morgan fingerprint density at radius 1 is 1.14 bits per heavy atom. The van der Waals surface area contributed by atoms with E-state index in [1.54, 1.807) is 11.3 Å². The summed E-state index contributed by atoms with van der Waals surface area (Å²) in [6.45, 7) is 2.98. The average molecular weight is 394 g/mol. The first-order chi connectivity index (χ1) is 13.8. The quantitative estimate of drug-likeness (QED) is 0.521. The molecule has 1 unspecified atom stereocenters. The van der Waals surface area contributed by atoms with Gasteiger partial charge in [-0.3, -0.25) is 4.90 Å². The molecular weight excluding hydrogens is 375 g/mol. The Balaban J connectivity index is 1.36. The number of morpholine rings is 1. The predicted molar refractivity (Wildman–Crippen MR) is 107 cm³/mol. The summed E-state index contributed by atoms with van der Waals surface area (Å²) in [7, 11) is 0. The van der Waals surface area contributed by atoms with Gasteiger partial charge < -0.3 is 4.74 Å². The Morgan fingerprint density at radius 2 is 2.04 bits per heavy atom. The third-order valence-corrected chi connectivity index (χ3v) is 5.94. The van der Waals surface area contributed by atoms with Gasteiger partial charge in [-0.25, -0.2) is 8.91 Å². The summed E-state index contributed by atoms with van der Waals surface area (Å²) >= 11 is 1.71. The number of fused-ring (bicyclic) bond motifs is 1. The molecule has 1 atom stereocenters. The molecule has 28 heavy (non-hydrogen) atoms. The molecule has 0 aliphatic carbocycles. The molecule has 1 fully saturated rings. The Labute approximate surface area is 166 Å². The third kappa shape index (κ3) is 3.44. The van der Waals surface area contributed by atoms with Gasteiger partial charge >= 0.3 is 0 Å². The molecule has 0 N–H and O–H groups in total. The van der Waals surface area contributed by atoms with Crippen LogP contribution in [-0.2, 0) is 11.3 Å². The van der Waals surface area contributed by atoms with Crippen molar-refractivity contribution in [1.82, 2.24) is 19.7 Å². The zero-order valence-electron chi connectivity index (χ0n) is 15.2. The predicted octanol–water partition coefficient (Wildman–Crippen LogP) is 4.17. The van der Waals surface area contributed by atoms with Crippen LogP contribution in [-0.4, -0.2) is 39.4 Å². The minimum atomic E-state index is -0.207. The van der Waals surface area contributed by atoms with Crippen molar-refractivity contribution in [3.05, 3.63) is 77.2 Å². The van der Waals surface area contributed by atoms with Gasteiger partial charge in [0.15, 0.2) is 0 Å². The van der Waals surface area contributed by atoms with Crippen molar-refractivity contribution in [2.75, 3.05) is 19.7 Å². The largest absolute Gasteiger partial charge is 0.369 e. The zero-order chi connectivity index (χ0) is 18.9. The van der Waals surface area contributed by atoms with Crippen molar-refractivity contribution >= 4 is 16.9 Å². The lowest BCUT2D eigenvalue weighted by Gasteiger charge is -2.32. The smallest absolute Gasteiger partial charge is 0.123 e. The summed E-state index contributed by atoms with van der Waals surface area (Å²) in [6.07, 6.45) is 1.89. The molecule has 1 aromatic carbocycles. The highest BCUT2D eigenvalue weighted by Gasteiger charge is 2.26. The first-order valence-corrected chi connectivity index (χ1v) is 10.1. The summed E-state index contributed by atoms with van der Waals surface area (Å²) in [6, 6.07) is 15.0. The number of pyridine rings is 1. The Morgan fingerprint density at radius 3 is 2.86 bits per heavy atom. The molecule has 0 spiro atoms. The Kier molecular flexibility index (Phi) is 4.64. The van der Waals surface area contributed by atoms with Crippen LogP contribution in [0.4, 0.5) is 4.39 Å². The lowest BCUT2D eigenvalue weighted by Crippen LogP contribution is -2.38.